The quantitative estimate of drug-likeness (QED) is 0.406. The first-order valence-electron chi connectivity index (χ1n) is 8.97. The predicted molar refractivity (Wildman–Crippen MR) is 104 cm³/mol. The number of halogens is 2. The lowest BCUT2D eigenvalue weighted by Crippen LogP contribution is -2.36. The number of esters is 2. The molecular weight excluding hydrogens is 463 g/mol. The van der Waals surface area contributed by atoms with Gasteiger partial charge in [0, 0.05) is 6.92 Å². The molecule has 0 unspecified atom stereocenters. The van der Waals surface area contributed by atoms with Crippen LogP contribution in [0, 0.1) is 0 Å². The normalized spacial score (nSPS) is 23.4. The van der Waals surface area contributed by atoms with Gasteiger partial charge < -0.3 is 14.2 Å². The maximum atomic E-state index is 15.3. The van der Waals surface area contributed by atoms with Crippen molar-refractivity contribution in [1.29, 1.82) is 0 Å². The van der Waals surface area contributed by atoms with E-state index in [1.807, 2.05) is 0 Å². The lowest BCUT2D eigenvalue weighted by molar-refractivity contribution is -0.152. The molecule has 0 radical (unpaired) electrons. The minimum absolute atomic E-state index is 0.298. The molecule has 156 valence electrons. The molecule has 30 heavy (non-hydrogen) atoms. The molecule has 0 bridgehead atoms. The van der Waals surface area contributed by atoms with Crippen molar-refractivity contribution in [3.63, 3.8) is 0 Å². The number of nitrogens with zero attached hydrogens (tertiary/aromatic N) is 4. The molecule has 0 spiro atoms. The van der Waals surface area contributed by atoms with E-state index < -0.39 is 36.5 Å². The van der Waals surface area contributed by atoms with E-state index in [9.17, 15) is 9.59 Å². The number of hydrogen-bond donors (Lipinski definition) is 0. The Balaban J connectivity index is 1.56. The number of carbonyl (C=O) groups excluding carboxylic acids is 2. The average Bonchev–Trinajstić information content (AvgIpc) is 3.29. The highest BCUT2D eigenvalue weighted by Gasteiger charge is 2.49. The number of benzene rings is 1. The van der Waals surface area contributed by atoms with Crippen LogP contribution in [0.15, 0.2) is 47.6 Å². The topological polar surface area (TPSA) is 105 Å². The van der Waals surface area contributed by atoms with E-state index >= 15 is 4.39 Å². The summed E-state index contributed by atoms with van der Waals surface area (Å²) in [6, 6.07) is 8.35. The van der Waals surface area contributed by atoms with Gasteiger partial charge in [-0.2, -0.15) is 0 Å². The molecule has 1 aliphatic heterocycles. The molecule has 9 nitrogen and oxygen atoms in total. The molecule has 4 atom stereocenters. The first-order chi connectivity index (χ1) is 14.5. The van der Waals surface area contributed by atoms with Gasteiger partial charge in [0.05, 0.1) is 11.9 Å². The zero-order valence-electron chi connectivity index (χ0n) is 15.6. The fourth-order valence-electron chi connectivity index (χ4n) is 3.21. The Labute approximate surface area is 178 Å². The summed E-state index contributed by atoms with van der Waals surface area (Å²) in [7, 11) is 0. The summed E-state index contributed by atoms with van der Waals surface area (Å²) in [6.45, 7) is 0.873. The monoisotopic (exact) mass is 478 g/mol. The molecule has 1 aromatic carbocycles. The fraction of sp³-hybridized carbons (Fsp3) is 0.316. The SMILES string of the molecule is CC(=O)O[C@H]1[C@H](F)[C@H](n2cnc3c(Br)ncnc32)O[C@@H]1COC(=O)c1ccccc1. The van der Waals surface area contributed by atoms with Crippen molar-refractivity contribution in [3.8, 4) is 0 Å². The summed E-state index contributed by atoms with van der Waals surface area (Å²) >= 11 is 3.26. The van der Waals surface area contributed by atoms with Crippen LogP contribution in [0.2, 0.25) is 0 Å². The molecule has 3 heterocycles. The molecular formula is C19H16BrFN4O5. The first-order valence-corrected chi connectivity index (χ1v) is 9.77. The van der Waals surface area contributed by atoms with Crippen LogP contribution >= 0.6 is 15.9 Å². The van der Waals surface area contributed by atoms with E-state index in [0.717, 1.165) is 0 Å². The van der Waals surface area contributed by atoms with Crippen molar-refractivity contribution in [1.82, 2.24) is 19.5 Å². The van der Waals surface area contributed by atoms with Crippen LogP contribution in [0.1, 0.15) is 23.5 Å². The van der Waals surface area contributed by atoms with Gasteiger partial charge in [-0.1, -0.05) is 18.2 Å². The minimum atomic E-state index is -1.74. The minimum Gasteiger partial charge on any atom is -0.459 e. The number of rotatable bonds is 5. The Morgan fingerprint density at radius 3 is 2.73 bits per heavy atom. The highest BCUT2D eigenvalue weighted by atomic mass is 79.9. The van der Waals surface area contributed by atoms with Crippen LogP contribution in [0.25, 0.3) is 11.2 Å². The third-order valence-electron chi connectivity index (χ3n) is 4.55. The van der Waals surface area contributed by atoms with Crippen LogP contribution in [0.4, 0.5) is 4.39 Å². The van der Waals surface area contributed by atoms with Crippen molar-refractivity contribution < 1.29 is 28.2 Å². The van der Waals surface area contributed by atoms with Crippen LogP contribution < -0.4 is 0 Å². The van der Waals surface area contributed by atoms with E-state index in [4.69, 9.17) is 14.2 Å². The maximum Gasteiger partial charge on any atom is 0.338 e. The molecule has 0 N–H and O–H groups in total. The second kappa shape index (κ2) is 8.44. The fourth-order valence-corrected chi connectivity index (χ4v) is 3.58. The predicted octanol–water partition coefficient (Wildman–Crippen LogP) is 2.61. The summed E-state index contributed by atoms with van der Waals surface area (Å²) in [4.78, 5) is 36.0. The number of ether oxygens (including phenoxy) is 3. The second-order valence-corrected chi connectivity index (χ2v) is 7.29. The van der Waals surface area contributed by atoms with Crippen LogP contribution in [-0.2, 0) is 19.0 Å². The van der Waals surface area contributed by atoms with E-state index in [-0.39, 0.29) is 6.61 Å². The summed E-state index contributed by atoms with van der Waals surface area (Å²) in [5.74, 6) is -1.27. The van der Waals surface area contributed by atoms with E-state index in [2.05, 4.69) is 30.9 Å². The molecule has 0 amide bonds. The first kappa shape index (κ1) is 20.4. The summed E-state index contributed by atoms with van der Waals surface area (Å²) in [6.07, 6.45) is -2.52. The van der Waals surface area contributed by atoms with Gasteiger partial charge in [0.1, 0.15) is 29.2 Å². The van der Waals surface area contributed by atoms with Crippen LogP contribution in [-0.4, -0.2) is 56.4 Å². The van der Waals surface area contributed by atoms with Crippen molar-refractivity contribution >= 4 is 39.0 Å². The summed E-state index contributed by atoms with van der Waals surface area (Å²) < 4.78 is 33.3. The average molecular weight is 479 g/mol. The zero-order chi connectivity index (χ0) is 21.3. The lowest BCUT2D eigenvalue weighted by Gasteiger charge is -2.18. The molecule has 4 rings (SSSR count). The van der Waals surface area contributed by atoms with Gasteiger partial charge in [0.2, 0.25) is 0 Å². The third kappa shape index (κ3) is 3.90. The second-order valence-electron chi connectivity index (χ2n) is 6.54. The van der Waals surface area contributed by atoms with Crippen molar-refractivity contribution in [2.24, 2.45) is 0 Å². The largest absolute Gasteiger partial charge is 0.459 e. The Morgan fingerprint density at radius 2 is 2.00 bits per heavy atom. The van der Waals surface area contributed by atoms with Crippen LogP contribution in [0.3, 0.4) is 0 Å². The van der Waals surface area contributed by atoms with Gasteiger partial charge in [0.15, 0.2) is 24.2 Å². The molecule has 11 heteroatoms. The van der Waals surface area contributed by atoms with E-state index in [1.54, 1.807) is 30.3 Å². The van der Waals surface area contributed by atoms with Crippen molar-refractivity contribution in [2.45, 2.75) is 31.5 Å². The number of imidazole rings is 1. The molecule has 3 aromatic rings. The van der Waals surface area contributed by atoms with Crippen molar-refractivity contribution in [3.05, 3.63) is 53.2 Å². The molecule has 0 aliphatic carbocycles. The van der Waals surface area contributed by atoms with Crippen molar-refractivity contribution in [2.75, 3.05) is 6.61 Å². The Hall–Kier alpha value is -2.92. The number of alkyl halides is 1. The van der Waals surface area contributed by atoms with Gasteiger partial charge >= 0.3 is 11.9 Å². The van der Waals surface area contributed by atoms with Gasteiger partial charge in [-0.15, -0.1) is 0 Å². The highest BCUT2D eigenvalue weighted by molar-refractivity contribution is 9.10. The number of fused-ring (bicyclic) bond motifs is 1. The third-order valence-corrected chi connectivity index (χ3v) is 5.13. The highest BCUT2D eigenvalue weighted by Crippen LogP contribution is 2.36. The number of carbonyl (C=O) groups is 2. The van der Waals surface area contributed by atoms with E-state index in [1.165, 1.54) is 24.1 Å². The Morgan fingerprint density at radius 1 is 1.23 bits per heavy atom. The zero-order valence-corrected chi connectivity index (χ0v) is 17.2. The molecule has 1 fully saturated rings. The maximum absolute atomic E-state index is 15.3. The summed E-state index contributed by atoms with van der Waals surface area (Å²) in [5.41, 5.74) is 1.11. The molecule has 2 aromatic heterocycles. The lowest BCUT2D eigenvalue weighted by atomic mass is 10.1. The van der Waals surface area contributed by atoms with Gasteiger partial charge in [-0.25, -0.2) is 24.1 Å². The Kier molecular flexibility index (Phi) is 5.73. The number of aromatic nitrogens is 4. The summed E-state index contributed by atoms with van der Waals surface area (Å²) in [5, 5.41) is 0. The standard InChI is InChI=1S/C19H16BrFN4O5/c1-10(26)29-15-12(7-28-19(27)11-5-3-2-4-6-11)30-18(13(15)21)25-9-24-14-16(20)22-8-23-17(14)25/h2-6,8-9,12-13,15,18H,7H2,1H3/t12-,13+,15-,18-/m1/s1. The number of hydrogen-bond acceptors (Lipinski definition) is 8. The molecule has 1 aliphatic rings. The smallest absolute Gasteiger partial charge is 0.338 e. The van der Waals surface area contributed by atoms with Crippen LogP contribution in [0.5, 0.6) is 0 Å². The van der Waals surface area contributed by atoms with Gasteiger partial charge in [-0.3, -0.25) is 9.36 Å². The van der Waals surface area contributed by atoms with Gasteiger partial charge in [0.25, 0.3) is 0 Å². The Bertz CT molecular complexity index is 1080. The molecule has 1 saturated heterocycles. The molecule has 0 saturated carbocycles. The van der Waals surface area contributed by atoms with E-state index in [0.29, 0.717) is 21.3 Å². The van der Waals surface area contributed by atoms with Gasteiger partial charge in [-0.05, 0) is 28.1 Å².